The molecule has 0 aromatic carbocycles. The van der Waals surface area contributed by atoms with Gasteiger partial charge in [-0.2, -0.15) is 5.10 Å². The lowest BCUT2D eigenvalue weighted by atomic mass is 9.86. The number of carbonyl (C=O) groups excluding carboxylic acids is 1. The van der Waals surface area contributed by atoms with Gasteiger partial charge in [-0.1, -0.05) is 20.8 Å². The highest BCUT2D eigenvalue weighted by molar-refractivity contribution is 5.93. The predicted octanol–water partition coefficient (Wildman–Crippen LogP) is 2.12. The van der Waals surface area contributed by atoms with Gasteiger partial charge < -0.3 is 10.0 Å². The molecule has 5 nitrogen and oxygen atoms in total. The van der Waals surface area contributed by atoms with E-state index in [0.29, 0.717) is 5.56 Å². The molecule has 0 aliphatic rings. The van der Waals surface area contributed by atoms with Crippen molar-refractivity contribution in [2.75, 3.05) is 13.7 Å². The fourth-order valence-corrected chi connectivity index (χ4v) is 2.12. The van der Waals surface area contributed by atoms with E-state index < -0.39 is 0 Å². The van der Waals surface area contributed by atoms with E-state index in [0.717, 1.165) is 0 Å². The van der Waals surface area contributed by atoms with Gasteiger partial charge in [0.1, 0.15) is 0 Å². The molecule has 0 aliphatic heterocycles. The molecule has 1 aromatic heterocycles. The number of carbonyl (C=O) groups is 1. The van der Waals surface area contributed by atoms with E-state index in [1.54, 1.807) is 29.0 Å². The minimum absolute atomic E-state index is 0.0564. The van der Waals surface area contributed by atoms with Gasteiger partial charge in [0, 0.05) is 13.2 Å². The van der Waals surface area contributed by atoms with Gasteiger partial charge in [0.2, 0.25) is 0 Å². The first-order chi connectivity index (χ1) is 8.98. The standard InChI is InChI=1S/C15H27N3O2/c1-14(2,3)12(10-19)17(7)13(20)11-8-16-18(9-11)15(4,5)6/h8-9,12,19H,10H2,1-7H3. The molecule has 1 heterocycles. The van der Waals surface area contributed by atoms with Crippen molar-refractivity contribution in [2.24, 2.45) is 5.41 Å². The molecular formula is C15H27N3O2. The SMILES string of the molecule is CN(C(=O)c1cnn(C(C)(C)C)c1)C(CO)C(C)(C)C. The molecule has 20 heavy (non-hydrogen) atoms. The normalized spacial score (nSPS) is 14.2. The van der Waals surface area contributed by atoms with E-state index in [4.69, 9.17) is 0 Å². The Balaban J connectivity index is 2.97. The van der Waals surface area contributed by atoms with Crippen molar-refractivity contribution in [3.8, 4) is 0 Å². The molecule has 0 spiro atoms. The molecule has 0 aliphatic carbocycles. The summed E-state index contributed by atoms with van der Waals surface area (Å²) in [7, 11) is 1.73. The van der Waals surface area contributed by atoms with Crippen molar-refractivity contribution >= 4 is 5.91 Å². The third kappa shape index (κ3) is 3.60. The summed E-state index contributed by atoms with van der Waals surface area (Å²) in [5.41, 5.74) is 0.210. The first-order valence-electron chi connectivity index (χ1n) is 6.91. The minimum atomic E-state index is -0.229. The van der Waals surface area contributed by atoms with Crippen LogP contribution >= 0.6 is 0 Å². The summed E-state index contributed by atoms with van der Waals surface area (Å²) in [5, 5.41) is 13.8. The van der Waals surface area contributed by atoms with Crippen LogP contribution < -0.4 is 0 Å². The number of hydrogen-bond donors (Lipinski definition) is 1. The maximum atomic E-state index is 12.5. The zero-order valence-corrected chi connectivity index (χ0v) is 13.6. The average molecular weight is 281 g/mol. The summed E-state index contributed by atoms with van der Waals surface area (Å²) in [6, 6.07) is -0.229. The lowest BCUT2D eigenvalue weighted by Gasteiger charge is -2.36. The number of hydrogen-bond acceptors (Lipinski definition) is 3. The molecule has 0 saturated heterocycles. The Morgan fingerprint density at radius 3 is 2.25 bits per heavy atom. The van der Waals surface area contributed by atoms with Crippen molar-refractivity contribution in [3.63, 3.8) is 0 Å². The summed E-state index contributed by atoms with van der Waals surface area (Å²) < 4.78 is 1.78. The molecule has 0 fully saturated rings. The number of aromatic nitrogens is 2. The third-order valence-electron chi connectivity index (χ3n) is 3.48. The largest absolute Gasteiger partial charge is 0.394 e. The van der Waals surface area contributed by atoms with Gasteiger partial charge in [-0.25, -0.2) is 0 Å². The molecule has 0 saturated carbocycles. The second-order valence-corrected chi connectivity index (χ2v) is 7.32. The molecule has 1 rings (SSSR count). The first-order valence-corrected chi connectivity index (χ1v) is 6.91. The Labute approximate surface area is 121 Å². The highest BCUT2D eigenvalue weighted by atomic mass is 16.3. The fraction of sp³-hybridized carbons (Fsp3) is 0.733. The Hall–Kier alpha value is -1.36. The average Bonchev–Trinajstić information content (AvgIpc) is 2.75. The minimum Gasteiger partial charge on any atom is -0.394 e. The molecule has 0 bridgehead atoms. The van der Waals surface area contributed by atoms with Crippen molar-refractivity contribution in [1.82, 2.24) is 14.7 Å². The Morgan fingerprint density at radius 1 is 1.35 bits per heavy atom. The van der Waals surface area contributed by atoms with E-state index in [1.165, 1.54) is 0 Å². The monoisotopic (exact) mass is 281 g/mol. The smallest absolute Gasteiger partial charge is 0.257 e. The molecule has 1 atom stereocenters. The van der Waals surface area contributed by atoms with Crippen molar-refractivity contribution in [1.29, 1.82) is 0 Å². The van der Waals surface area contributed by atoms with Crippen LogP contribution in [0.5, 0.6) is 0 Å². The van der Waals surface area contributed by atoms with Gasteiger partial charge in [0.15, 0.2) is 0 Å². The fourth-order valence-electron chi connectivity index (χ4n) is 2.12. The lowest BCUT2D eigenvalue weighted by Crippen LogP contribution is -2.47. The molecule has 1 amide bonds. The lowest BCUT2D eigenvalue weighted by molar-refractivity contribution is 0.0433. The number of rotatable bonds is 3. The van der Waals surface area contributed by atoms with Gasteiger partial charge >= 0.3 is 0 Å². The quantitative estimate of drug-likeness (QED) is 0.923. The van der Waals surface area contributed by atoms with E-state index in [-0.39, 0.29) is 29.5 Å². The van der Waals surface area contributed by atoms with Crippen LogP contribution in [0.2, 0.25) is 0 Å². The number of aliphatic hydroxyl groups is 1. The van der Waals surface area contributed by atoms with E-state index in [9.17, 15) is 9.90 Å². The van der Waals surface area contributed by atoms with Gasteiger partial charge in [0.25, 0.3) is 5.91 Å². The number of amides is 1. The molecule has 1 unspecified atom stereocenters. The van der Waals surface area contributed by atoms with Crippen LogP contribution in [0.25, 0.3) is 0 Å². The Morgan fingerprint density at radius 2 is 1.90 bits per heavy atom. The second kappa shape index (κ2) is 5.56. The van der Waals surface area contributed by atoms with Gasteiger partial charge in [-0.15, -0.1) is 0 Å². The molecule has 5 heteroatoms. The molecule has 0 radical (unpaired) electrons. The maximum Gasteiger partial charge on any atom is 0.257 e. The maximum absolute atomic E-state index is 12.5. The van der Waals surface area contributed by atoms with E-state index in [1.807, 2.05) is 41.5 Å². The topological polar surface area (TPSA) is 58.4 Å². The van der Waals surface area contributed by atoms with Crippen LogP contribution in [0.15, 0.2) is 12.4 Å². The second-order valence-electron chi connectivity index (χ2n) is 7.32. The number of aliphatic hydroxyl groups excluding tert-OH is 1. The summed E-state index contributed by atoms with van der Waals surface area (Å²) in [5.74, 6) is -0.116. The highest BCUT2D eigenvalue weighted by Gasteiger charge is 2.31. The van der Waals surface area contributed by atoms with Crippen LogP contribution in [0.4, 0.5) is 0 Å². The predicted molar refractivity (Wildman–Crippen MR) is 79.6 cm³/mol. The summed E-state index contributed by atoms with van der Waals surface area (Å²) in [4.78, 5) is 14.1. The first kappa shape index (κ1) is 16.7. The van der Waals surface area contributed by atoms with Crippen molar-refractivity contribution < 1.29 is 9.90 Å². The van der Waals surface area contributed by atoms with Crippen LogP contribution in [0.3, 0.4) is 0 Å². The van der Waals surface area contributed by atoms with Crippen LogP contribution in [0, 0.1) is 5.41 Å². The van der Waals surface area contributed by atoms with Gasteiger partial charge in [0.05, 0.1) is 29.9 Å². The zero-order chi connectivity index (χ0) is 15.7. The summed E-state index contributed by atoms with van der Waals surface area (Å²) >= 11 is 0. The van der Waals surface area contributed by atoms with E-state index >= 15 is 0 Å². The highest BCUT2D eigenvalue weighted by Crippen LogP contribution is 2.24. The number of nitrogens with zero attached hydrogens (tertiary/aromatic N) is 3. The third-order valence-corrected chi connectivity index (χ3v) is 3.48. The van der Waals surface area contributed by atoms with Gasteiger partial charge in [-0.3, -0.25) is 9.48 Å². The molecule has 1 aromatic rings. The Kier molecular flexibility index (Phi) is 4.64. The molecule has 1 N–H and O–H groups in total. The molecular weight excluding hydrogens is 254 g/mol. The summed E-state index contributed by atoms with van der Waals surface area (Å²) in [6.07, 6.45) is 3.34. The van der Waals surface area contributed by atoms with Crippen molar-refractivity contribution in [2.45, 2.75) is 53.1 Å². The van der Waals surface area contributed by atoms with Crippen molar-refractivity contribution in [3.05, 3.63) is 18.0 Å². The summed E-state index contributed by atoms with van der Waals surface area (Å²) in [6.45, 7) is 12.1. The van der Waals surface area contributed by atoms with Crippen LogP contribution in [-0.2, 0) is 5.54 Å². The zero-order valence-electron chi connectivity index (χ0n) is 13.6. The van der Waals surface area contributed by atoms with Gasteiger partial charge in [-0.05, 0) is 26.2 Å². The molecule has 114 valence electrons. The van der Waals surface area contributed by atoms with Crippen LogP contribution in [0.1, 0.15) is 51.9 Å². The van der Waals surface area contributed by atoms with E-state index in [2.05, 4.69) is 5.10 Å². The number of likely N-dealkylation sites (N-methyl/N-ethyl adjacent to an activating group) is 1. The van der Waals surface area contributed by atoms with Crippen LogP contribution in [-0.4, -0.2) is 45.4 Å². The Bertz CT molecular complexity index is 466.